The van der Waals surface area contributed by atoms with Crippen molar-refractivity contribution < 1.29 is 9.59 Å². The van der Waals surface area contributed by atoms with E-state index >= 15 is 0 Å². The average molecular weight is 244 g/mol. The predicted octanol–water partition coefficient (Wildman–Crippen LogP) is -1.09. The number of nitrogens with two attached hydrogens (primary N) is 1. The van der Waals surface area contributed by atoms with E-state index in [2.05, 4.69) is 29.4 Å². The van der Waals surface area contributed by atoms with Crippen LogP contribution in [-0.4, -0.2) is 56.0 Å². The van der Waals surface area contributed by atoms with Crippen molar-refractivity contribution in [2.75, 3.05) is 39.3 Å². The first kappa shape index (κ1) is 15.9. The minimum Gasteiger partial charge on any atom is -0.348 e. The molecule has 17 heavy (non-hydrogen) atoms. The molecule has 0 aromatic heterocycles. The molecule has 0 aliphatic heterocycles. The Morgan fingerprint density at radius 2 is 1.59 bits per heavy atom. The fourth-order valence-corrected chi connectivity index (χ4v) is 1.39. The highest BCUT2D eigenvalue weighted by Gasteiger charge is 2.11. The van der Waals surface area contributed by atoms with E-state index in [1.54, 1.807) is 0 Å². The van der Waals surface area contributed by atoms with Gasteiger partial charge in [0.2, 0.25) is 0 Å². The number of nitrogens with one attached hydrogen (secondary N) is 2. The van der Waals surface area contributed by atoms with Crippen LogP contribution in [0.4, 0.5) is 0 Å². The van der Waals surface area contributed by atoms with E-state index in [4.69, 9.17) is 5.73 Å². The molecule has 0 saturated carbocycles. The second-order valence-electron chi connectivity index (χ2n) is 3.68. The highest BCUT2D eigenvalue weighted by atomic mass is 16.2. The molecule has 0 bridgehead atoms. The van der Waals surface area contributed by atoms with Crippen LogP contribution in [0, 0.1) is 0 Å². The number of hydrogen-bond donors (Lipinski definition) is 3. The van der Waals surface area contributed by atoms with Gasteiger partial charge in [0.25, 0.3) is 0 Å². The lowest BCUT2D eigenvalue weighted by atomic mass is 10.3. The third-order valence-electron chi connectivity index (χ3n) is 2.47. The molecule has 4 N–H and O–H groups in total. The topological polar surface area (TPSA) is 87.5 Å². The fraction of sp³-hybridized carbons (Fsp3) is 0.818. The largest absolute Gasteiger partial charge is 0.348 e. The van der Waals surface area contributed by atoms with Crippen LogP contribution >= 0.6 is 0 Å². The molecule has 0 fully saturated rings. The van der Waals surface area contributed by atoms with E-state index in [0.29, 0.717) is 19.6 Å². The van der Waals surface area contributed by atoms with Crippen LogP contribution in [0.25, 0.3) is 0 Å². The number of rotatable bonds is 8. The lowest BCUT2D eigenvalue weighted by Crippen LogP contribution is -2.42. The van der Waals surface area contributed by atoms with Crippen LogP contribution in [0.3, 0.4) is 0 Å². The molecule has 6 heteroatoms. The van der Waals surface area contributed by atoms with Crippen molar-refractivity contribution in [2.24, 2.45) is 5.73 Å². The number of amides is 2. The second kappa shape index (κ2) is 10.0. The summed E-state index contributed by atoms with van der Waals surface area (Å²) in [5, 5.41) is 4.99. The minimum absolute atomic E-state index is 0.325. The molecule has 0 aliphatic rings. The molecule has 0 saturated heterocycles. The molecule has 0 aliphatic carbocycles. The summed E-state index contributed by atoms with van der Waals surface area (Å²) in [7, 11) is 0. The molecule has 0 spiro atoms. The molecular weight excluding hydrogens is 220 g/mol. The summed E-state index contributed by atoms with van der Waals surface area (Å²) in [6.07, 6.45) is 0.845. The van der Waals surface area contributed by atoms with Crippen molar-refractivity contribution in [3.05, 3.63) is 0 Å². The van der Waals surface area contributed by atoms with Gasteiger partial charge in [-0.25, -0.2) is 0 Å². The number of carbonyl (C=O) groups is 2. The Bertz CT molecular complexity index is 230. The molecule has 0 aromatic carbocycles. The molecule has 0 radical (unpaired) electrons. The van der Waals surface area contributed by atoms with Crippen molar-refractivity contribution in [1.29, 1.82) is 0 Å². The number of carbonyl (C=O) groups excluding carboxylic acids is 2. The third-order valence-corrected chi connectivity index (χ3v) is 2.47. The van der Waals surface area contributed by atoms with Gasteiger partial charge in [0.05, 0.1) is 0 Å². The van der Waals surface area contributed by atoms with E-state index < -0.39 is 11.8 Å². The number of nitrogens with zero attached hydrogens (tertiary/aromatic N) is 1. The van der Waals surface area contributed by atoms with Crippen molar-refractivity contribution in [3.63, 3.8) is 0 Å². The Morgan fingerprint density at radius 3 is 2.06 bits per heavy atom. The SMILES string of the molecule is CCN(CC)CCCNC(=O)C(=O)NCCN. The summed E-state index contributed by atoms with van der Waals surface area (Å²) in [5.74, 6) is -1.20. The van der Waals surface area contributed by atoms with Crippen molar-refractivity contribution in [1.82, 2.24) is 15.5 Å². The Labute approximate surface area is 103 Å². The van der Waals surface area contributed by atoms with Gasteiger partial charge < -0.3 is 21.3 Å². The summed E-state index contributed by atoms with van der Waals surface area (Å²) >= 11 is 0. The van der Waals surface area contributed by atoms with Crippen LogP contribution in [0.5, 0.6) is 0 Å². The van der Waals surface area contributed by atoms with E-state index in [-0.39, 0.29) is 0 Å². The summed E-state index contributed by atoms with van der Waals surface area (Å²) in [5.41, 5.74) is 5.21. The Balaban J connectivity index is 3.60. The van der Waals surface area contributed by atoms with Crippen LogP contribution in [0.2, 0.25) is 0 Å². The maximum Gasteiger partial charge on any atom is 0.309 e. The zero-order chi connectivity index (χ0) is 13.1. The first-order valence-corrected chi connectivity index (χ1v) is 6.14. The standard InChI is InChI=1S/C11H24N4O2/c1-3-15(4-2)9-5-7-13-10(16)11(17)14-8-6-12/h3-9,12H2,1-2H3,(H,13,16)(H,14,17). The molecule has 0 aromatic rings. The summed E-state index contributed by atoms with van der Waals surface area (Å²) in [4.78, 5) is 24.7. The molecular formula is C11H24N4O2. The molecule has 2 amide bonds. The van der Waals surface area contributed by atoms with Crippen molar-refractivity contribution >= 4 is 11.8 Å². The van der Waals surface area contributed by atoms with Gasteiger partial charge in [0.15, 0.2) is 0 Å². The molecule has 0 atom stereocenters. The van der Waals surface area contributed by atoms with Gasteiger partial charge in [-0.3, -0.25) is 9.59 Å². The number of hydrogen-bond acceptors (Lipinski definition) is 4. The highest BCUT2D eigenvalue weighted by molar-refractivity contribution is 6.35. The average Bonchev–Trinajstić information content (AvgIpc) is 2.35. The van der Waals surface area contributed by atoms with Crippen molar-refractivity contribution in [2.45, 2.75) is 20.3 Å². The van der Waals surface area contributed by atoms with Crippen LogP contribution < -0.4 is 16.4 Å². The monoisotopic (exact) mass is 244 g/mol. The lowest BCUT2D eigenvalue weighted by molar-refractivity contribution is -0.139. The van der Waals surface area contributed by atoms with Gasteiger partial charge in [-0.2, -0.15) is 0 Å². The summed E-state index contributed by atoms with van der Waals surface area (Å²) in [6, 6.07) is 0. The van der Waals surface area contributed by atoms with Gasteiger partial charge in [-0.05, 0) is 26.1 Å². The quantitative estimate of drug-likeness (QED) is 0.374. The molecule has 0 heterocycles. The van der Waals surface area contributed by atoms with E-state index in [9.17, 15) is 9.59 Å². The first-order valence-electron chi connectivity index (χ1n) is 6.14. The van der Waals surface area contributed by atoms with Gasteiger partial charge in [-0.1, -0.05) is 13.8 Å². The van der Waals surface area contributed by atoms with Gasteiger partial charge in [0, 0.05) is 19.6 Å². The molecule has 0 unspecified atom stereocenters. The highest BCUT2D eigenvalue weighted by Crippen LogP contribution is 1.89. The molecule has 6 nitrogen and oxygen atoms in total. The predicted molar refractivity (Wildman–Crippen MR) is 67.5 cm³/mol. The van der Waals surface area contributed by atoms with Gasteiger partial charge in [0.1, 0.15) is 0 Å². The maximum absolute atomic E-state index is 11.3. The third kappa shape index (κ3) is 7.70. The lowest BCUT2D eigenvalue weighted by Gasteiger charge is -2.17. The Kier molecular flexibility index (Phi) is 9.37. The molecule has 100 valence electrons. The molecule has 0 rings (SSSR count). The Morgan fingerprint density at radius 1 is 1.06 bits per heavy atom. The van der Waals surface area contributed by atoms with Gasteiger partial charge in [-0.15, -0.1) is 0 Å². The van der Waals surface area contributed by atoms with E-state index in [1.807, 2.05) is 0 Å². The smallest absolute Gasteiger partial charge is 0.309 e. The second-order valence-corrected chi connectivity index (χ2v) is 3.68. The maximum atomic E-state index is 11.3. The summed E-state index contributed by atoms with van der Waals surface area (Å²) in [6.45, 7) is 8.31. The Hall–Kier alpha value is -1.14. The zero-order valence-electron chi connectivity index (χ0n) is 10.8. The van der Waals surface area contributed by atoms with Crippen LogP contribution in [0.15, 0.2) is 0 Å². The van der Waals surface area contributed by atoms with Gasteiger partial charge >= 0.3 is 11.8 Å². The van der Waals surface area contributed by atoms with E-state index in [0.717, 1.165) is 26.1 Å². The summed E-state index contributed by atoms with van der Waals surface area (Å²) < 4.78 is 0. The normalized spacial score (nSPS) is 10.4. The van der Waals surface area contributed by atoms with Crippen LogP contribution in [-0.2, 0) is 9.59 Å². The first-order chi connectivity index (χ1) is 8.15. The van der Waals surface area contributed by atoms with Crippen molar-refractivity contribution in [3.8, 4) is 0 Å². The van der Waals surface area contributed by atoms with Crippen LogP contribution in [0.1, 0.15) is 20.3 Å². The van der Waals surface area contributed by atoms with E-state index in [1.165, 1.54) is 0 Å². The minimum atomic E-state index is -0.613. The zero-order valence-corrected chi connectivity index (χ0v) is 10.8. The fourth-order valence-electron chi connectivity index (χ4n) is 1.39.